The lowest BCUT2D eigenvalue weighted by Crippen LogP contribution is -2.31. The summed E-state index contributed by atoms with van der Waals surface area (Å²) in [5.74, 6) is -1.14. The third kappa shape index (κ3) is 3.62. The number of para-hydroxylation sites is 1. The Morgan fingerprint density at radius 1 is 1.21 bits per heavy atom. The van der Waals surface area contributed by atoms with Crippen molar-refractivity contribution in [1.29, 1.82) is 0 Å². The van der Waals surface area contributed by atoms with Crippen LogP contribution in [0.25, 0.3) is 16.6 Å². The molecule has 0 saturated heterocycles. The second-order valence-electron chi connectivity index (χ2n) is 6.37. The van der Waals surface area contributed by atoms with E-state index in [1.54, 1.807) is 43.5 Å². The average molecular weight is 412 g/mol. The van der Waals surface area contributed by atoms with Crippen molar-refractivity contribution in [2.45, 2.75) is 13.5 Å². The maximum Gasteiger partial charge on any atom is 0.293 e. The zero-order chi connectivity index (χ0) is 20.5. The van der Waals surface area contributed by atoms with Crippen molar-refractivity contribution >= 4 is 34.1 Å². The molecule has 0 bridgehead atoms. The van der Waals surface area contributed by atoms with Crippen molar-refractivity contribution < 1.29 is 9.18 Å². The number of hydrogen-bond donors (Lipinski definition) is 1. The summed E-state index contributed by atoms with van der Waals surface area (Å²) in [6.45, 7) is 1.35. The number of halogens is 2. The molecule has 1 amide bonds. The largest absolute Gasteiger partial charge is 0.322 e. The van der Waals surface area contributed by atoms with E-state index in [-0.39, 0.29) is 17.7 Å². The van der Waals surface area contributed by atoms with E-state index in [2.05, 4.69) is 15.5 Å². The number of benzene rings is 2. The molecule has 0 unspecified atom stereocenters. The maximum atomic E-state index is 13.8. The van der Waals surface area contributed by atoms with E-state index in [9.17, 15) is 14.0 Å². The summed E-state index contributed by atoms with van der Waals surface area (Å²) in [5.41, 5.74) is 0.960. The molecule has 2 aromatic carbocycles. The molecule has 0 saturated carbocycles. The summed E-state index contributed by atoms with van der Waals surface area (Å²) in [7, 11) is 0. The van der Waals surface area contributed by atoms with Gasteiger partial charge >= 0.3 is 0 Å². The van der Waals surface area contributed by atoms with E-state index in [1.807, 2.05) is 0 Å². The van der Waals surface area contributed by atoms with E-state index < -0.39 is 17.3 Å². The fraction of sp³-hybridized carbons (Fsp3) is 0.100. The third-order valence-electron chi connectivity index (χ3n) is 4.36. The fourth-order valence-electron chi connectivity index (χ4n) is 3.02. The van der Waals surface area contributed by atoms with Crippen LogP contribution in [0.5, 0.6) is 0 Å². The third-order valence-corrected chi connectivity index (χ3v) is 4.60. The Labute approximate surface area is 169 Å². The molecule has 0 aliphatic carbocycles. The van der Waals surface area contributed by atoms with Crippen LogP contribution in [0.1, 0.15) is 5.69 Å². The van der Waals surface area contributed by atoms with Gasteiger partial charge in [0, 0.05) is 10.4 Å². The molecule has 146 valence electrons. The molecular weight excluding hydrogens is 397 g/mol. The van der Waals surface area contributed by atoms with Gasteiger partial charge in [0.15, 0.2) is 0 Å². The first kappa shape index (κ1) is 18.8. The maximum absolute atomic E-state index is 13.8. The van der Waals surface area contributed by atoms with Crippen LogP contribution in [0.15, 0.2) is 59.5 Å². The van der Waals surface area contributed by atoms with Gasteiger partial charge in [-0.15, -0.1) is 0 Å². The van der Waals surface area contributed by atoms with Crippen LogP contribution < -0.4 is 10.9 Å². The monoisotopic (exact) mass is 411 g/mol. The van der Waals surface area contributed by atoms with Gasteiger partial charge in [-0.25, -0.2) is 13.8 Å². The minimum atomic E-state index is -0.572. The molecule has 0 radical (unpaired) electrons. The summed E-state index contributed by atoms with van der Waals surface area (Å²) in [5, 5.41) is 12.0. The van der Waals surface area contributed by atoms with Crippen LogP contribution in [0, 0.1) is 12.7 Å². The van der Waals surface area contributed by atoms with Crippen LogP contribution >= 0.6 is 11.6 Å². The number of carbonyl (C=O) groups excluding carboxylic acids is 1. The molecule has 2 aromatic heterocycles. The molecule has 4 aromatic rings. The van der Waals surface area contributed by atoms with Gasteiger partial charge in [-0.05, 0) is 37.3 Å². The van der Waals surface area contributed by atoms with Gasteiger partial charge < -0.3 is 5.32 Å². The number of hydrogen-bond acceptors (Lipinski definition) is 4. The number of carbonyl (C=O) groups is 1. The molecule has 2 heterocycles. The number of nitrogens with zero attached hydrogens (tertiary/aromatic N) is 4. The molecule has 0 atom stereocenters. The summed E-state index contributed by atoms with van der Waals surface area (Å²) < 4.78 is 16.3. The highest BCUT2D eigenvalue weighted by Crippen LogP contribution is 2.20. The number of nitrogens with one attached hydrogen (secondary N) is 1. The summed E-state index contributed by atoms with van der Waals surface area (Å²) in [6.07, 6.45) is 1.55. The number of aromatic nitrogens is 4. The molecule has 1 N–H and O–H groups in total. The number of rotatable bonds is 4. The average Bonchev–Trinajstić information content (AvgIpc) is 3.14. The van der Waals surface area contributed by atoms with E-state index in [4.69, 9.17) is 11.6 Å². The van der Waals surface area contributed by atoms with Gasteiger partial charge in [0.25, 0.3) is 5.56 Å². The Morgan fingerprint density at radius 2 is 2.00 bits per heavy atom. The van der Waals surface area contributed by atoms with Gasteiger partial charge in [-0.1, -0.05) is 29.8 Å². The highest BCUT2D eigenvalue weighted by Gasteiger charge is 2.17. The van der Waals surface area contributed by atoms with E-state index in [0.29, 0.717) is 21.8 Å². The van der Waals surface area contributed by atoms with Gasteiger partial charge in [0.1, 0.15) is 17.9 Å². The van der Waals surface area contributed by atoms with E-state index in [0.717, 1.165) is 4.68 Å². The van der Waals surface area contributed by atoms with Gasteiger partial charge in [0.2, 0.25) is 5.91 Å². The molecule has 0 fully saturated rings. The molecule has 29 heavy (non-hydrogen) atoms. The highest BCUT2D eigenvalue weighted by atomic mass is 35.5. The van der Waals surface area contributed by atoms with Crippen LogP contribution in [-0.2, 0) is 11.3 Å². The van der Waals surface area contributed by atoms with Gasteiger partial charge in [-0.2, -0.15) is 10.2 Å². The van der Waals surface area contributed by atoms with E-state index >= 15 is 0 Å². The molecule has 9 heteroatoms. The van der Waals surface area contributed by atoms with Crippen LogP contribution in [0.4, 0.5) is 10.1 Å². The van der Waals surface area contributed by atoms with Gasteiger partial charge in [0.05, 0.1) is 23.3 Å². The Morgan fingerprint density at radius 3 is 2.76 bits per heavy atom. The Bertz CT molecular complexity index is 1300. The van der Waals surface area contributed by atoms with E-state index in [1.165, 1.54) is 22.9 Å². The highest BCUT2D eigenvalue weighted by molar-refractivity contribution is 6.30. The predicted molar refractivity (Wildman–Crippen MR) is 108 cm³/mol. The lowest BCUT2D eigenvalue weighted by atomic mass is 10.2. The fourth-order valence-corrected chi connectivity index (χ4v) is 3.21. The molecule has 4 rings (SSSR count). The number of aryl methyl sites for hydroxylation is 1. The minimum absolute atomic E-state index is 0.0346. The van der Waals surface area contributed by atoms with Crippen molar-refractivity contribution in [2.24, 2.45) is 0 Å². The lowest BCUT2D eigenvalue weighted by Gasteiger charge is -2.10. The molecule has 7 nitrogen and oxygen atoms in total. The summed E-state index contributed by atoms with van der Waals surface area (Å²) >= 11 is 6.05. The van der Waals surface area contributed by atoms with Gasteiger partial charge in [-0.3, -0.25) is 9.59 Å². The van der Waals surface area contributed by atoms with Crippen LogP contribution in [0.2, 0.25) is 5.02 Å². The number of amides is 1. The summed E-state index contributed by atoms with van der Waals surface area (Å²) in [6, 6.07) is 12.7. The first-order chi connectivity index (χ1) is 13.9. The topological polar surface area (TPSA) is 81.8 Å². The second kappa shape index (κ2) is 7.48. The standard InChI is InChI=1S/C20H15ClFN5O2/c1-12-15-10-23-27(14-6-4-5-13(21)9-14)19(15)20(29)26(25-12)11-18(28)24-17-8-3-2-7-16(17)22/h2-10H,11H2,1H3,(H,24,28). The predicted octanol–water partition coefficient (Wildman–Crippen LogP) is 3.32. The van der Waals surface area contributed by atoms with Crippen molar-refractivity contribution in [2.75, 3.05) is 5.32 Å². The number of anilines is 1. The quantitative estimate of drug-likeness (QED) is 0.558. The van der Waals surface area contributed by atoms with Crippen molar-refractivity contribution in [3.05, 3.63) is 81.6 Å². The van der Waals surface area contributed by atoms with Crippen molar-refractivity contribution in [3.8, 4) is 5.69 Å². The zero-order valence-corrected chi connectivity index (χ0v) is 16.0. The molecule has 0 aliphatic heterocycles. The molecule has 0 aliphatic rings. The lowest BCUT2D eigenvalue weighted by molar-refractivity contribution is -0.117. The van der Waals surface area contributed by atoms with Crippen LogP contribution in [-0.4, -0.2) is 25.5 Å². The first-order valence-corrected chi connectivity index (χ1v) is 9.07. The Kier molecular flexibility index (Phi) is 4.85. The Balaban J connectivity index is 1.73. The van der Waals surface area contributed by atoms with Crippen LogP contribution in [0.3, 0.4) is 0 Å². The molecular formula is C20H15ClFN5O2. The molecule has 0 spiro atoms. The zero-order valence-electron chi connectivity index (χ0n) is 15.3. The second-order valence-corrected chi connectivity index (χ2v) is 6.81. The Hall–Kier alpha value is -3.52. The number of fused-ring (bicyclic) bond motifs is 1. The summed E-state index contributed by atoms with van der Waals surface area (Å²) in [4.78, 5) is 25.4. The smallest absolute Gasteiger partial charge is 0.293 e. The normalized spacial score (nSPS) is 11.0. The first-order valence-electron chi connectivity index (χ1n) is 8.70. The SMILES string of the molecule is Cc1nn(CC(=O)Nc2ccccc2F)c(=O)c2c1cnn2-c1cccc(Cl)c1. The minimum Gasteiger partial charge on any atom is -0.322 e. The van der Waals surface area contributed by atoms with Crippen molar-refractivity contribution in [1.82, 2.24) is 19.6 Å². The van der Waals surface area contributed by atoms with Crippen molar-refractivity contribution in [3.63, 3.8) is 0 Å².